The molecule has 1 aliphatic rings. The average molecular weight is 454 g/mol. The van der Waals surface area contributed by atoms with E-state index in [1.54, 1.807) is 6.07 Å². The molecule has 1 fully saturated rings. The summed E-state index contributed by atoms with van der Waals surface area (Å²) >= 11 is 0. The van der Waals surface area contributed by atoms with E-state index in [4.69, 9.17) is 0 Å². The van der Waals surface area contributed by atoms with Crippen LogP contribution in [0.2, 0.25) is 0 Å². The van der Waals surface area contributed by atoms with E-state index >= 15 is 0 Å². The third-order valence-corrected chi connectivity index (χ3v) is 6.35. The first-order valence-electron chi connectivity index (χ1n) is 11.7. The Bertz CT molecular complexity index is 982. The number of hydrogen-bond acceptors (Lipinski definition) is 3. The Morgan fingerprint density at radius 3 is 2.48 bits per heavy atom. The number of benzene rings is 2. The van der Waals surface area contributed by atoms with Gasteiger partial charge < -0.3 is 15.1 Å². The zero-order chi connectivity index (χ0) is 24.1. The van der Waals surface area contributed by atoms with Crippen molar-refractivity contribution in [2.45, 2.75) is 40.0 Å². The minimum atomic E-state index is -0.186. The van der Waals surface area contributed by atoms with Crippen LogP contribution in [0, 0.1) is 31.5 Å². The van der Waals surface area contributed by atoms with Gasteiger partial charge in [-0.3, -0.25) is 9.59 Å². The van der Waals surface area contributed by atoms with E-state index in [0.717, 1.165) is 35.3 Å². The standard InChI is InChI=1S/C27H36FN3O2/c1-18-12-21(16-25(32)29-10-11-30(4)5)13-19(2)26(18)31-17-22(14-20(3)27(31)33)15-23-8-6-7-9-24(23)28/h6-9,12-13,20,22H,10-11,14-17H2,1-5H3,(H,29,32)/t20-,22-/m1/s1. The molecule has 0 saturated carbocycles. The lowest BCUT2D eigenvalue weighted by Gasteiger charge is -2.38. The van der Waals surface area contributed by atoms with Gasteiger partial charge in [0.1, 0.15) is 5.82 Å². The van der Waals surface area contributed by atoms with E-state index in [2.05, 4.69) is 5.32 Å². The van der Waals surface area contributed by atoms with Crippen molar-refractivity contribution in [3.63, 3.8) is 0 Å². The Kier molecular flexibility index (Phi) is 8.25. The fourth-order valence-electron chi connectivity index (χ4n) is 4.85. The van der Waals surface area contributed by atoms with Gasteiger partial charge in [-0.05, 0) is 75.0 Å². The van der Waals surface area contributed by atoms with Crippen LogP contribution in [0.5, 0.6) is 0 Å². The number of likely N-dealkylation sites (N-methyl/N-ethyl adjacent to an activating group) is 1. The monoisotopic (exact) mass is 453 g/mol. The van der Waals surface area contributed by atoms with Crippen molar-refractivity contribution < 1.29 is 14.0 Å². The Morgan fingerprint density at radius 1 is 1.18 bits per heavy atom. The molecular formula is C27H36FN3O2. The summed E-state index contributed by atoms with van der Waals surface area (Å²) in [5, 5.41) is 2.95. The van der Waals surface area contributed by atoms with Crippen molar-refractivity contribution in [2.75, 3.05) is 38.6 Å². The summed E-state index contributed by atoms with van der Waals surface area (Å²) in [6.07, 6.45) is 1.69. The number of nitrogens with zero attached hydrogens (tertiary/aromatic N) is 2. The molecule has 33 heavy (non-hydrogen) atoms. The second-order valence-electron chi connectivity index (χ2n) is 9.66. The maximum Gasteiger partial charge on any atom is 0.229 e. The van der Waals surface area contributed by atoms with Crippen LogP contribution in [0.25, 0.3) is 0 Å². The highest BCUT2D eigenvalue weighted by molar-refractivity contribution is 5.97. The number of piperidine rings is 1. The van der Waals surface area contributed by atoms with Gasteiger partial charge in [-0.2, -0.15) is 0 Å². The van der Waals surface area contributed by atoms with Crippen molar-refractivity contribution in [3.05, 3.63) is 64.5 Å². The molecule has 2 aromatic carbocycles. The first-order chi connectivity index (χ1) is 15.7. The fraction of sp³-hybridized carbons (Fsp3) is 0.481. The third-order valence-electron chi connectivity index (χ3n) is 6.35. The van der Waals surface area contributed by atoms with Crippen LogP contribution in [-0.2, 0) is 22.4 Å². The summed E-state index contributed by atoms with van der Waals surface area (Å²) in [6.45, 7) is 7.93. The number of rotatable bonds is 8. The van der Waals surface area contributed by atoms with Gasteiger partial charge in [0.25, 0.3) is 0 Å². The van der Waals surface area contributed by atoms with Crippen LogP contribution < -0.4 is 10.2 Å². The predicted octanol–water partition coefficient (Wildman–Crippen LogP) is 3.89. The van der Waals surface area contributed by atoms with Gasteiger partial charge >= 0.3 is 0 Å². The molecular weight excluding hydrogens is 417 g/mol. The fourth-order valence-corrected chi connectivity index (χ4v) is 4.85. The molecule has 2 atom stereocenters. The van der Waals surface area contributed by atoms with Crippen LogP contribution in [0.3, 0.4) is 0 Å². The van der Waals surface area contributed by atoms with Crippen LogP contribution in [0.15, 0.2) is 36.4 Å². The van der Waals surface area contributed by atoms with Gasteiger partial charge in [-0.15, -0.1) is 0 Å². The molecule has 2 amide bonds. The van der Waals surface area contributed by atoms with Gasteiger partial charge in [-0.1, -0.05) is 37.3 Å². The van der Waals surface area contributed by atoms with Gasteiger partial charge in [0.15, 0.2) is 0 Å². The number of nitrogens with one attached hydrogen (secondary N) is 1. The minimum absolute atomic E-state index is 0.00368. The molecule has 0 spiro atoms. The van der Waals surface area contributed by atoms with Crippen molar-refractivity contribution in [1.82, 2.24) is 10.2 Å². The lowest BCUT2D eigenvalue weighted by Crippen LogP contribution is -2.46. The normalized spacial score (nSPS) is 18.6. The molecule has 3 rings (SSSR count). The first kappa shape index (κ1) is 24.9. The van der Waals surface area contributed by atoms with Crippen molar-refractivity contribution in [2.24, 2.45) is 11.8 Å². The van der Waals surface area contributed by atoms with E-state index in [1.165, 1.54) is 6.07 Å². The largest absolute Gasteiger partial charge is 0.355 e. The Hall–Kier alpha value is -2.73. The van der Waals surface area contributed by atoms with Crippen LogP contribution >= 0.6 is 0 Å². The SMILES string of the molecule is Cc1cc(CC(=O)NCCN(C)C)cc(C)c1N1C[C@@H](Cc2ccccc2F)C[C@@H](C)C1=O. The molecule has 0 bridgehead atoms. The molecule has 1 N–H and O–H groups in total. The Morgan fingerprint density at radius 2 is 1.85 bits per heavy atom. The third kappa shape index (κ3) is 6.41. The van der Waals surface area contributed by atoms with Gasteiger partial charge in [-0.25, -0.2) is 4.39 Å². The molecule has 6 heteroatoms. The average Bonchev–Trinajstić information content (AvgIpc) is 2.72. The molecule has 0 unspecified atom stereocenters. The Labute approximate surface area is 197 Å². The Balaban J connectivity index is 1.75. The number of amides is 2. The first-order valence-corrected chi connectivity index (χ1v) is 11.7. The predicted molar refractivity (Wildman–Crippen MR) is 131 cm³/mol. The van der Waals surface area contributed by atoms with E-state index in [-0.39, 0.29) is 29.5 Å². The van der Waals surface area contributed by atoms with Gasteiger partial charge in [0.2, 0.25) is 11.8 Å². The van der Waals surface area contributed by atoms with Crippen molar-refractivity contribution >= 4 is 17.5 Å². The topological polar surface area (TPSA) is 52.7 Å². The smallest absolute Gasteiger partial charge is 0.229 e. The van der Waals surface area contributed by atoms with Crippen LogP contribution in [0.4, 0.5) is 10.1 Å². The number of carbonyl (C=O) groups excluding carboxylic acids is 2. The summed E-state index contributed by atoms with van der Waals surface area (Å²) in [4.78, 5) is 29.3. The second kappa shape index (κ2) is 10.9. The summed E-state index contributed by atoms with van der Waals surface area (Å²) < 4.78 is 14.2. The highest BCUT2D eigenvalue weighted by atomic mass is 19.1. The van der Waals surface area contributed by atoms with Gasteiger partial charge in [0.05, 0.1) is 6.42 Å². The molecule has 0 radical (unpaired) electrons. The molecule has 1 saturated heterocycles. The molecule has 178 valence electrons. The maximum atomic E-state index is 14.2. The van der Waals surface area contributed by atoms with E-state index in [0.29, 0.717) is 31.5 Å². The number of aryl methyl sites for hydroxylation is 2. The molecule has 1 aliphatic heterocycles. The van der Waals surface area contributed by atoms with E-state index in [1.807, 2.05) is 68.9 Å². The van der Waals surface area contributed by atoms with Crippen LogP contribution in [0.1, 0.15) is 35.6 Å². The highest BCUT2D eigenvalue weighted by Gasteiger charge is 2.34. The lowest BCUT2D eigenvalue weighted by molar-refractivity contribution is -0.124. The molecule has 2 aromatic rings. The van der Waals surface area contributed by atoms with E-state index < -0.39 is 0 Å². The zero-order valence-corrected chi connectivity index (χ0v) is 20.5. The number of carbonyl (C=O) groups is 2. The number of anilines is 1. The molecule has 0 aromatic heterocycles. The second-order valence-corrected chi connectivity index (χ2v) is 9.66. The van der Waals surface area contributed by atoms with E-state index in [9.17, 15) is 14.0 Å². The van der Waals surface area contributed by atoms with Gasteiger partial charge in [0, 0.05) is 31.2 Å². The highest BCUT2D eigenvalue weighted by Crippen LogP contribution is 2.34. The summed E-state index contributed by atoms with van der Waals surface area (Å²) in [6, 6.07) is 10.9. The zero-order valence-electron chi connectivity index (χ0n) is 20.5. The summed E-state index contributed by atoms with van der Waals surface area (Å²) in [5.41, 5.74) is 4.53. The molecule has 1 heterocycles. The van der Waals surface area contributed by atoms with Crippen LogP contribution in [-0.4, -0.2) is 50.4 Å². The summed E-state index contributed by atoms with van der Waals surface area (Å²) in [5.74, 6) is -0.00242. The molecule has 0 aliphatic carbocycles. The maximum absolute atomic E-state index is 14.2. The number of halogens is 1. The minimum Gasteiger partial charge on any atom is -0.355 e. The quantitative estimate of drug-likeness (QED) is 0.660. The van der Waals surface area contributed by atoms with Crippen molar-refractivity contribution in [1.29, 1.82) is 0 Å². The van der Waals surface area contributed by atoms with Crippen molar-refractivity contribution in [3.8, 4) is 0 Å². The number of hydrogen-bond donors (Lipinski definition) is 1. The summed E-state index contributed by atoms with van der Waals surface area (Å²) in [7, 11) is 3.95. The lowest BCUT2D eigenvalue weighted by atomic mass is 9.84. The molecule has 5 nitrogen and oxygen atoms in total.